The Bertz CT molecular complexity index is 230. The molecule has 0 fully saturated rings. The van der Waals surface area contributed by atoms with Crippen LogP contribution >= 0.6 is 11.3 Å². The minimum absolute atomic E-state index is 0.568. The monoisotopic (exact) mass is 169 g/mol. The molecule has 1 aromatic heterocycles. The van der Waals surface area contributed by atoms with Gasteiger partial charge in [-0.3, -0.25) is 5.41 Å². The zero-order chi connectivity index (χ0) is 8.27. The molecule has 0 bridgehead atoms. The van der Waals surface area contributed by atoms with Gasteiger partial charge < -0.3 is 4.90 Å². The van der Waals surface area contributed by atoms with Gasteiger partial charge >= 0.3 is 0 Å². The average molecular weight is 169 g/mol. The lowest BCUT2D eigenvalue weighted by Crippen LogP contribution is -2.22. The molecule has 0 radical (unpaired) electrons. The van der Waals surface area contributed by atoms with Crippen molar-refractivity contribution in [1.82, 2.24) is 9.88 Å². The van der Waals surface area contributed by atoms with E-state index in [1.165, 1.54) is 0 Å². The van der Waals surface area contributed by atoms with Gasteiger partial charge in [-0.2, -0.15) is 0 Å². The van der Waals surface area contributed by atoms with E-state index < -0.39 is 0 Å². The van der Waals surface area contributed by atoms with Crippen LogP contribution in [0, 0.1) is 5.41 Å². The molecule has 0 saturated carbocycles. The third kappa shape index (κ3) is 2.31. The van der Waals surface area contributed by atoms with Crippen LogP contribution in [-0.2, 0) is 6.54 Å². The molecular weight excluding hydrogens is 158 g/mol. The number of nitrogens with zero attached hydrogens (tertiary/aromatic N) is 2. The molecule has 60 valence electrons. The van der Waals surface area contributed by atoms with Gasteiger partial charge in [0.2, 0.25) is 0 Å². The van der Waals surface area contributed by atoms with Crippen molar-refractivity contribution in [3.8, 4) is 0 Å². The Kier molecular flexibility index (Phi) is 2.59. The molecule has 3 nitrogen and oxygen atoms in total. The first-order valence-electron chi connectivity index (χ1n) is 3.33. The quantitative estimate of drug-likeness (QED) is 0.539. The lowest BCUT2D eigenvalue weighted by molar-refractivity contribution is 0.488. The van der Waals surface area contributed by atoms with Crippen molar-refractivity contribution in [3.63, 3.8) is 0 Å². The smallest absolute Gasteiger partial charge is 0.0926 e. The molecule has 0 saturated heterocycles. The molecule has 0 aliphatic carbocycles. The van der Waals surface area contributed by atoms with Crippen LogP contribution in [-0.4, -0.2) is 22.8 Å². The average Bonchev–Trinajstić information content (AvgIpc) is 2.39. The van der Waals surface area contributed by atoms with E-state index in [9.17, 15) is 0 Å². The second-order valence-electron chi connectivity index (χ2n) is 2.42. The highest BCUT2D eigenvalue weighted by atomic mass is 32.1. The highest BCUT2D eigenvalue weighted by Crippen LogP contribution is 2.03. The minimum Gasteiger partial charge on any atom is -0.358 e. The molecule has 1 heterocycles. The zero-order valence-electron chi connectivity index (χ0n) is 6.66. The van der Waals surface area contributed by atoms with Gasteiger partial charge in [0.25, 0.3) is 0 Å². The number of hydrogen-bond donors (Lipinski definition) is 1. The summed E-state index contributed by atoms with van der Waals surface area (Å²) in [5, 5.41) is 9.30. The van der Waals surface area contributed by atoms with E-state index >= 15 is 0 Å². The maximum Gasteiger partial charge on any atom is 0.0926 e. The fourth-order valence-corrected chi connectivity index (χ4v) is 1.23. The van der Waals surface area contributed by atoms with E-state index in [-0.39, 0.29) is 0 Å². The highest BCUT2D eigenvalue weighted by molar-refractivity contribution is 7.07. The number of rotatable bonds is 2. The molecule has 0 amide bonds. The van der Waals surface area contributed by atoms with Gasteiger partial charge in [-0.25, -0.2) is 4.98 Å². The van der Waals surface area contributed by atoms with Crippen LogP contribution in [0.4, 0.5) is 0 Å². The van der Waals surface area contributed by atoms with Gasteiger partial charge in [-0.15, -0.1) is 11.3 Å². The summed E-state index contributed by atoms with van der Waals surface area (Å²) in [5.74, 6) is 0.568. The maximum atomic E-state index is 7.30. The summed E-state index contributed by atoms with van der Waals surface area (Å²) in [5.41, 5.74) is 2.84. The van der Waals surface area contributed by atoms with Gasteiger partial charge in [-0.05, 0) is 6.92 Å². The number of aromatic nitrogens is 1. The van der Waals surface area contributed by atoms with Crippen molar-refractivity contribution in [2.24, 2.45) is 0 Å². The number of nitrogens with one attached hydrogen (secondary N) is 1. The molecule has 11 heavy (non-hydrogen) atoms. The molecule has 0 spiro atoms. The van der Waals surface area contributed by atoms with E-state index in [1.54, 1.807) is 18.3 Å². The molecule has 1 aromatic rings. The molecule has 0 aliphatic rings. The first-order chi connectivity index (χ1) is 5.20. The molecule has 0 aromatic carbocycles. The fraction of sp³-hybridized carbons (Fsp3) is 0.429. The van der Waals surface area contributed by atoms with E-state index in [1.807, 2.05) is 22.8 Å². The predicted octanol–water partition coefficient (Wildman–Crippen LogP) is 1.57. The summed E-state index contributed by atoms with van der Waals surface area (Å²) in [7, 11) is 1.89. The van der Waals surface area contributed by atoms with Crippen LogP contribution in [0.25, 0.3) is 0 Å². The van der Waals surface area contributed by atoms with Crippen molar-refractivity contribution < 1.29 is 0 Å². The zero-order valence-corrected chi connectivity index (χ0v) is 7.48. The van der Waals surface area contributed by atoms with Crippen molar-refractivity contribution in [2.75, 3.05) is 7.05 Å². The Morgan fingerprint density at radius 2 is 2.55 bits per heavy atom. The molecule has 4 heteroatoms. The first-order valence-corrected chi connectivity index (χ1v) is 4.28. The Morgan fingerprint density at radius 3 is 3.00 bits per heavy atom. The topological polar surface area (TPSA) is 40.0 Å². The van der Waals surface area contributed by atoms with Crippen LogP contribution in [0.5, 0.6) is 0 Å². The maximum absolute atomic E-state index is 7.30. The van der Waals surface area contributed by atoms with E-state index in [0.717, 1.165) is 12.2 Å². The normalized spacial score (nSPS) is 9.64. The lowest BCUT2D eigenvalue weighted by atomic mass is 10.4. The third-order valence-electron chi connectivity index (χ3n) is 1.46. The van der Waals surface area contributed by atoms with Crippen molar-refractivity contribution >= 4 is 17.2 Å². The SMILES string of the molecule is CC(=N)N(C)Cc1cscn1. The highest BCUT2D eigenvalue weighted by Gasteiger charge is 2.00. The molecule has 0 aliphatic heterocycles. The van der Waals surface area contributed by atoms with E-state index in [2.05, 4.69) is 4.98 Å². The Morgan fingerprint density at radius 1 is 1.82 bits per heavy atom. The summed E-state index contributed by atoms with van der Waals surface area (Å²) >= 11 is 1.59. The summed E-state index contributed by atoms with van der Waals surface area (Å²) in [4.78, 5) is 5.98. The molecule has 1 N–H and O–H groups in total. The van der Waals surface area contributed by atoms with E-state index in [0.29, 0.717) is 5.84 Å². The predicted molar refractivity (Wildman–Crippen MR) is 47.0 cm³/mol. The summed E-state index contributed by atoms with van der Waals surface area (Å²) in [6.07, 6.45) is 0. The summed E-state index contributed by atoms with van der Waals surface area (Å²) in [6.45, 7) is 2.51. The van der Waals surface area contributed by atoms with Gasteiger partial charge in [0, 0.05) is 12.4 Å². The van der Waals surface area contributed by atoms with Gasteiger partial charge in [-0.1, -0.05) is 0 Å². The van der Waals surface area contributed by atoms with Crippen LogP contribution in [0.1, 0.15) is 12.6 Å². The minimum atomic E-state index is 0.568. The largest absolute Gasteiger partial charge is 0.358 e. The molecule has 1 rings (SSSR count). The lowest BCUT2D eigenvalue weighted by Gasteiger charge is -2.14. The fourth-order valence-electron chi connectivity index (χ4n) is 0.677. The van der Waals surface area contributed by atoms with Gasteiger partial charge in [0.05, 0.1) is 23.6 Å². The molecular formula is C7H11N3S. The number of thiazole rings is 1. The number of amidine groups is 1. The van der Waals surface area contributed by atoms with Crippen LogP contribution in [0.15, 0.2) is 10.9 Å². The Hall–Kier alpha value is -0.900. The first kappa shape index (κ1) is 8.20. The summed E-state index contributed by atoms with van der Waals surface area (Å²) in [6, 6.07) is 0. The summed E-state index contributed by atoms with van der Waals surface area (Å²) < 4.78 is 0. The van der Waals surface area contributed by atoms with Crippen molar-refractivity contribution in [2.45, 2.75) is 13.5 Å². The number of hydrogen-bond acceptors (Lipinski definition) is 3. The van der Waals surface area contributed by atoms with Gasteiger partial charge in [0.1, 0.15) is 0 Å². The van der Waals surface area contributed by atoms with Crippen molar-refractivity contribution in [3.05, 3.63) is 16.6 Å². The van der Waals surface area contributed by atoms with Crippen LogP contribution < -0.4 is 0 Å². The van der Waals surface area contributed by atoms with E-state index in [4.69, 9.17) is 5.41 Å². The Balaban J connectivity index is 2.50. The third-order valence-corrected chi connectivity index (χ3v) is 2.09. The second kappa shape index (κ2) is 3.48. The van der Waals surface area contributed by atoms with Gasteiger partial charge in [0.15, 0.2) is 0 Å². The molecule has 0 unspecified atom stereocenters. The molecule has 0 atom stereocenters. The van der Waals surface area contributed by atoms with Crippen molar-refractivity contribution in [1.29, 1.82) is 5.41 Å². The van der Waals surface area contributed by atoms with Crippen LogP contribution in [0.2, 0.25) is 0 Å². The van der Waals surface area contributed by atoms with Crippen LogP contribution in [0.3, 0.4) is 0 Å². The standard InChI is InChI=1S/C7H11N3S/c1-6(8)10(2)3-7-4-11-5-9-7/h4-5,8H,3H2,1-2H3. The second-order valence-corrected chi connectivity index (χ2v) is 3.14. The Labute approximate surface area is 70.2 Å².